The lowest BCUT2D eigenvalue weighted by molar-refractivity contribution is 0.109. The molecule has 2 rings (SSSR count). The number of aromatic nitrogens is 4. The van der Waals surface area contributed by atoms with E-state index in [0.29, 0.717) is 18.1 Å². The maximum absolute atomic E-state index is 5.96. The number of nitrogens with two attached hydrogens (primary N) is 1. The highest BCUT2D eigenvalue weighted by molar-refractivity contribution is 5.02. The molecule has 17 heavy (non-hydrogen) atoms. The number of nitrogens with one attached hydrogen (secondary N) is 1. The van der Waals surface area contributed by atoms with Gasteiger partial charge in [-0.1, -0.05) is 5.16 Å². The van der Waals surface area contributed by atoms with Gasteiger partial charge in [-0.2, -0.15) is 4.98 Å². The Balaban J connectivity index is 2.04. The van der Waals surface area contributed by atoms with Crippen molar-refractivity contribution in [3.8, 4) is 0 Å². The summed E-state index contributed by atoms with van der Waals surface area (Å²) in [7, 11) is 1.59. The lowest BCUT2D eigenvalue weighted by Gasteiger charge is -2.04. The fraction of sp³-hybridized carbons (Fsp3) is 0.500. The van der Waals surface area contributed by atoms with E-state index >= 15 is 0 Å². The summed E-state index contributed by atoms with van der Waals surface area (Å²) in [6.07, 6.45) is 3.69. The van der Waals surface area contributed by atoms with E-state index in [9.17, 15) is 0 Å². The van der Waals surface area contributed by atoms with Crippen LogP contribution in [0.15, 0.2) is 17.0 Å². The second-order valence-corrected chi connectivity index (χ2v) is 3.76. The predicted octanol–water partition coefficient (Wildman–Crippen LogP) is 0.743. The van der Waals surface area contributed by atoms with Crippen LogP contribution in [0.5, 0.6) is 0 Å². The maximum Gasteiger partial charge on any atom is 0.244 e. The summed E-state index contributed by atoms with van der Waals surface area (Å²) in [5.74, 6) is 0.904. The van der Waals surface area contributed by atoms with Crippen LogP contribution in [0.3, 0.4) is 0 Å². The minimum absolute atomic E-state index is 0.202. The van der Waals surface area contributed by atoms with Crippen LogP contribution < -0.4 is 5.73 Å². The van der Waals surface area contributed by atoms with E-state index in [0.717, 1.165) is 5.69 Å². The lowest BCUT2D eigenvalue weighted by Crippen LogP contribution is -2.14. The van der Waals surface area contributed by atoms with Gasteiger partial charge in [0.15, 0.2) is 5.82 Å². The molecule has 92 valence electrons. The third-order valence-corrected chi connectivity index (χ3v) is 2.49. The number of hydrogen-bond acceptors (Lipinski definition) is 6. The van der Waals surface area contributed by atoms with Crippen molar-refractivity contribution in [1.82, 2.24) is 20.1 Å². The van der Waals surface area contributed by atoms with E-state index in [1.165, 1.54) is 0 Å². The fourth-order valence-corrected chi connectivity index (χ4v) is 1.39. The predicted molar refractivity (Wildman–Crippen MR) is 58.9 cm³/mol. The Morgan fingerprint density at radius 3 is 3.06 bits per heavy atom. The van der Waals surface area contributed by atoms with Gasteiger partial charge in [0.05, 0.1) is 12.4 Å². The Bertz CT molecular complexity index is 453. The highest BCUT2D eigenvalue weighted by atomic mass is 16.5. The van der Waals surface area contributed by atoms with Crippen molar-refractivity contribution >= 4 is 0 Å². The van der Waals surface area contributed by atoms with Crippen molar-refractivity contribution < 1.29 is 9.26 Å². The number of imidazole rings is 1. The third kappa shape index (κ3) is 2.69. The smallest absolute Gasteiger partial charge is 0.244 e. The number of hydrogen-bond donors (Lipinski definition) is 2. The monoisotopic (exact) mass is 237 g/mol. The van der Waals surface area contributed by atoms with Crippen LogP contribution in [0.2, 0.25) is 0 Å². The summed E-state index contributed by atoms with van der Waals surface area (Å²) in [5, 5.41) is 3.82. The topological polar surface area (TPSA) is 103 Å². The largest absolute Gasteiger partial charge is 0.374 e. The zero-order valence-electron chi connectivity index (χ0n) is 9.75. The Morgan fingerprint density at radius 1 is 1.59 bits per heavy atom. The molecule has 2 aromatic rings. The minimum Gasteiger partial charge on any atom is -0.374 e. The quantitative estimate of drug-likeness (QED) is 0.795. The summed E-state index contributed by atoms with van der Waals surface area (Å²) in [6, 6.07) is -0.347. The Hall–Kier alpha value is -1.73. The molecule has 0 amide bonds. The molecule has 0 aliphatic heterocycles. The molecule has 7 nitrogen and oxygen atoms in total. The van der Waals surface area contributed by atoms with Crippen molar-refractivity contribution in [2.75, 3.05) is 7.11 Å². The van der Waals surface area contributed by atoms with Gasteiger partial charge in [-0.3, -0.25) is 0 Å². The molecule has 2 heterocycles. The molecule has 0 fully saturated rings. The van der Waals surface area contributed by atoms with Crippen LogP contribution in [0.1, 0.15) is 36.5 Å². The highest BCUT2D eigenvalue weighted by Crippen LogP contribution is 2.16. The van der Waals surface area contributed by atoms with E-state index in [-0.39, 0.29) is 12.1 Å². The average molecular weight is 237 g/mol. The minimum atomic E-state index is -0.347. The molecule has 0 aliphatic carbocycles. The van der Waals surface area contributed by atoms with E-state index in [1.54, 1.807) is 19.6 Å². The van der Waals surface area contributed by atoms with Crippen LogP contribution >= 0.6 is 0 Å². The van der Waals surface area contributed by atoms with Gasteiger partial charge in [0.1, 0.15) is 6.10 Å². The number of nitrogens with zero attached hydrogens (tertiary/aromatic N) is 3. The Morgan fingerprint density at radius 2 is 2.41 bits per heavy atom. The van der Waals surface area contributed by atoms with Crippen LogP contribution in [0.4, 0.5) is 0 Å². The van der Waals surface area contributed by atoms with Crippen molar-refractivity contribution in [2.45, 2.75) is 25.5 Å². The summed E-state index contributed by atoms with van der Waals surface area (Å²) in [4.78, 5) is 11.1. The molecule has 0 radical (unpaired) electrons. The summed E-state index contributed by atoms with van der Waals surface area (Å²) < 4.78 is 10.2. The molecule has 3 N–H and O–H groups in total. The molecule has 0 saturated carbocycles. The molecule has 2 atom stereocenters. The number of rotatable bonds is 5. The van der Waals surface area contributed by atoms with Crippen molar-refractivity contribution in [3.05, 3.63) is 29.9 Å². The number of methoxy groups -OCH3 is 1. The van der Waals surface area contributed by atoms with Crippen molar-refractivity contribution in [2.24, 2.45) is 5.73 Å². The zero-order chi connectivity index (χ0) is 12.3. The SMILES string of the molecule is COC(C)c1noc(C(N)Cc2cnc[nH]2)n1. The van der Waals surface area contributed by atoms with E-state index in [4.69, 9.17) is 15.0 Å². The molecule has 2 aromatic heterocycles. The van der Waals surface area contributed by atoms with Gasteiger partial charge >= 0.3 is 0 Å². The second kappa shape index (κ2) is 5.07. The normalized spacial score (nSPS) is 14.8. The number of aromatic amines is 1. The van der Waals surface area contributed by atoms with Gasteiger partial charge in [-0.25, -0.2) is 4.98 Å². The third-order valence-electron chi connectivity index (χ3n) is 2.49. The van der Waals surface area contributed by atoms with Crippen LogP contribution in [-0.2, 0) is 11.2 Å². The second-order valence-electron chi connectivity index (χ2n) is 3.76. The number of H-pyrrole nitrogens is 1. The molecular weight excluding hydrogens is 222 g/mol. The van der Waals surface area contributed by atoms with Gasteiger partial charge in [-0.05, 0) is 6.92 Å². The Labute approximate surface area is 98.4 Å². The highest BCUT2D eigenvalue weighted by Gasteiger charge is 2.18. The van der Waals surface area contributed by atoms with Gasteiger partial charge in [0.2, 0.25) is 5.89 Å². The molecule has 0 aromatic carbocycles. The molecule has 0 saturated heterocycles. The van der Waals surface area contributed by atoms with Crippen molar-refractivity contribution in [1.29, 1.82) is 0 Å². The first-order valence-electron chi connectivity index (χ1n) is 5.30. The first kappa shape index (κ1) is 11.7. The molecule has 7 heteroatoms. The number of ether oxygens (including phenoxy) is 1. The standard InChI is InChI=1S/C10H15N5O2/c1-6(16-2)9-14-10(17-15-9)8(11)3-7-4-12-5-13-7/h4-6,8H,3,11H2,1-2H3,(H,12,13). The molecule has 0 spiro atoms. The van der Waals surface area contributed by atoms with E-state index < -0.39 is 0 Å². The Kier molecular flexibility index (Phi) is 3.50. The molecule has 0 aliphatic rings. The van der Waals surface area contributed by atoms with Crippen LogP contribution in [0, 0.1) is 0 Å². The average Bonchev–Trinajstić information content (AvgIpc) is 2.98. The van der Waals surface area contributed by atoms with Gasteiger partial charge in [-0.15, -0.1) is 0 Å². The van der Waals surface area contributed by atoms with Crippen LogP contribution in [-0.4, -0.2) is 27.2 Å². The van der Waals surface area contributed by atoms with Gasteiger partial charge in [0, 0.05) is 25.4 Å². The summed E-state index contributed by atoms with van der Waals surface area (Å²) in [5.41, 5.74) is 6.88. The first-order chi connectivity index (χ1) is 8.20. The van der Waals surface area contributed by atoms with E-state index in [2.05, 4.69) is 20.1 Å². The summed E-state index contributed by atoms with van der Waals surface area (Å²) in [6.45, 7) is 1.84. The van der Waals surface area contributed by atoms with Crippen LogP contribution in [0.25, 0.3) is 0 Å². The molecular formula is C10H15N5O2. The zero-order valence-corrected chi connectivity index (χ0v) is 9.75. The van der Waals surface area contributed by atoms with Gasteiger partial charge in [0.25, 0.3) is 0 Å². The molecule has 2 unspecified atom stereocenters. The van der Waals surface area contributed by atoms with Crippen molar-refractivity contribution in [3.63, 3.8) is 0 Å². The maximum atomic E-state index is 5.96. The van der Waals surface area contributed by atoms with Gasteiger partial charge < -0.3 is 20.0 Å². The van der Waals surface area contributed by atoms with E-state index in [1.807, 2.05) is 6.92 Å². The molecule has 0 bridgehead atoms. The summed E-state index contributed by atoms with van der Waals surface area (Å²) >= 11 is 0. The first-order valence-corrected chi connectivity index (χ1v) is 5.30. The fourth-order valence-electron chi connectivity index (χ4n) is 1.39. The lowest BCUT2D eigenvalue weighted by atomic mass is 10.2.